The maximum Gasteiger partial charge on any atom is 0.234 e. The number of ether oxygens (including phenoxy) is 1. The summed E-state index contributed by atoms with van der Waals surface area (Å²) < 4.78 is 5.02. The van der Waals surface area contributed by atoms with Gasteiger partial charge in [0.25, 0.3) is 0 Å². The summed E-state index contributed by atoms with van der Waals surface area (Å²) in [7, 11) is 1.58. The van der Waals surface area contributed by atoms with Gasteiger partial charge in [0.15, 0.2) is 0 Å². The minimum Gasteiger partial charge on any atom is -0.497 e. The Bertz CT molecular complexity index is 365. The van der Waals surface area contributed by atoms with Gasteiger partial charge in [0, 0.05) is 6.54 Å². The van der Waals surface area contributed by atoms with Crippen LogP contribution in [0, 0.1) is 0 Å². The number of aliphatic hydroxyl groups excluding tert-OH is 1. The largest absolute Gasteiger partial charge is 0.497 e. The van der Waals surface area contributed by atoms with Gasteiger partial charge in [0.05, 0.1) is 19.3 Å². The van der Waals surface area contributed by atoms with Crippen LogP contribution in [0.5, 0.6) is 5.75 Å². The van der Waals surface area contributed by atoms with Crippen LogP contribution in [0.2, 0.25) is 0 Å². The van der Waals surface area contributed by atoms with E-state index in [-0.39, 0.29) is 6.54 Å². The van der Waals surface area contributed by atoms with E-state index in [1.165, 1.54) is 0 Å². The molecule has 1 amide bonds. The molecule has 0 bridgehead atoms. The molecule has 0 radical (unpaired) electrons. The Morgan fingerprint density at radius 3 is 2.53 bits per heavy atom. The summed E-state index contributed by atoms with van der Waals surface area (Å²) in [6, 6.07) is 6.65. The van der Waals surface area contributed by atoms with E-state index in [9.17, 15) is 9.90 Å². The molecule has 2 unspecified atom stereocenters. The van der Waals surface area contributed by atoms with Crippen molar-refractivity contribution in [3.63, 3.8) is 0 Å². The normalized spacial score (nSPS) is 14.1. The van der Waals surface area contributed by atoms with Gasteiger partial charge in [-0.2, -0.15) is 0 Å². The molecular weight excluding hydrogens is 220 g/mol. The molecular formula is C12H18N2O3. The van der Waals surface area contributed by atoms with Gasteiger partial charge in [-0.15, -0.1) is 0 Å². The molecule has 0 aromatic heterocycles. The fourth-order valence-corrected chi connectivity index (χ4v) is 1.33. The predicted octanol–water partition coefficient (Wildman–Crippen LogP) is 0.192. The molecule has 1 aromatic carbocycles. The third kappa shape index (κ3) is 4.05. The third-order valence-corrected chi connectivity index (χ3v) is 2.54. The molecule has 5 nitrogen and oxygen atoms in total. The van der Waals surface area contributed by atoms with Crippen molar-refractivity contribution in [3.05, 3.63) is 29.8 Å². The Morgan fingerprint density at radius 2 is 2.06 bits per heavy atom. The lowest BCUT2D eigenvalue weighted by Gasteiger charge is -2.15. The zero-order valence-corrected chi connectivity index (χ0v) is 10.0. The van der Waals surface area contributed by atoms with E-state index in [4.69, 9.17) is 10.5 Å². The maximum absolute atomic E-state index is 10.8. The Hall–Kier alpha value is -1.59. The quantitative estimate of drug-likeness (QED) is 0.660. The summed E-state index contributed by atoms with van der Waals surface area (Å²) in [5.74, 6) is 0.298. The average Bonchev–Trinajstić information content (AvgIpc) is 2.35. The number of methoxy groups -OCH3 is 1. The molecule has 0 aliphatic rings. The first-order chi connectivity index (χ1) is 8.04. The van der Waals surface area contributed by atoms with E-state index in [2.05, 4.69) is 5.32 Å². The van der Waals surface area contributed by atoms with Crippen molar-refractivity contribution in [2.45, 2.75) is 19.1 Å². The molecule has 17 heavy (non-hydrogen) atoms. The number of aliphatic hydroxyl groups is 1. The van der Waals surface area contributed by atoms with Crippen LogP contribution in [0.1, 0.15) is 18.6 Å². The van der Waals surface area contributed by atoms with E-state index < -0.39 is 18.1 Å². The van der Waals surface area contributed by atoms with Crippen LogP contribution in [0.4, 0.5) is 0 Å². The second kappa shape index (κ2) is 6.22. The van der Waals surface area contributed by atoms with Crippen molar-refractivity contribution in [1.29, 1.82) is 0 Å². The maximum atomic E-state index is 10.8. The first-order valence-corrected chi connectivity index (χ1v) is 5.39. The number of hydrogen-bond donors (Lipinski definition) is 3. The zero-order valence-electron chi connectivity index (χ0n) is 10.0. The molecule has 0 saturated carbocycles. The summed E-state index contributed by atoms with van der Waals surface area (Å²) >= 11 is 0. The van der Waals surface area contributed by atoms with Crippen molar-refractivity contribution in [2.75, 3.05) is 13.7 Å². The van der Waals surface area contributed by atoms with Gasteiger partial charge in [-0.3, -0.25) is 4.79 Å². The highest BCUT2D eigenvalue weighted by Crippen LogP contribution is 2.16. The van der Waals surface area contributed by atoms with Gasteiger partial charge in [-0.05, 0) is 24.6 Å². The number of carbonyl (C=O) groups is 1. The smallest absolute Gasteiger partial charge is 0.234 e. The number of nitrogens with two attached hydrogens (primary N) is 1. The monoisotopic (exact) mass is 238 g/mol. The average molecular weight is 238 g/mol. The van der Waals surface area contributed by atoms with E-state index in [1.54, 1.807) is 38.3 Å². The highest BCUT2D eigenvalue weighted by atomic mass is 16.5. The molecule has 0 aliphatic carbocycles. The highest BCUT2D eigenvalue weighted by Gasteiger charge is 2.12. The highest BCUT2D eigenvalue weighted by molar-refractivity contribution is 5.79. The minimum atomic E-state index is -0.678. The zero-order chi connectivity index (χ0) is 12.8. The first-order valence-electron chi connectivity index (χ1n) is 5.39. The second-order valence-electron chi connectivity index (χ2n) is 3.82. The lowest BCUT2D eigenvalue weighted by atomic mass is 10.1. The molecule has 4 N–H and O–H groups in total. The molecule has 0 spiro atoms. The van der Waals surface area contributed by atoms with Crippen LogP contribution in [0.25, 0.3) is 0 Å². The SMILES string of the molecule is COc1ccc(C(O)CNC(C)C(N)=O)cc1. The molecule has 1 aromatic rings. The van der Waals surface area contributed by atoms with Gasteiger partial charge in [0.2, 0.25) is 5.91 Å². The van der Waals surface area contributed by atoms with Crippen LogP contribution in [0.15, 0.2) is 24.3 Å². The van der Waals surface area contributed by atoms with Crippen LogP contribution in [-0.2, 0) is 4.79 Å². The van der Waals surface area contributed by atoms with Crippen molar-refractivity contribution in [1.82, 2.24) is 5.32 Å². The number of nitrogens with one attached hydrogen (secondary N) is 1. The van der Waals surface area contributed by atoms with E-state index in [0.29, 0.717) is 0 Å². The van der Waals surface area contributed by atoms with Crippen molar-refractivity contribution < 1.29 is 14.6 Å². The van der Waals surface area contributed by atoms with E-state index >= 15 is 0 Å². The summed E-state index contributed by atoms with van der Waals surface area (Å²) in [6.45, 7) is 1.93. The van der Waals surface area contributed by atoms with E-state index in [0.717, 1.165) is 11.3 Å². The number of benzene rings is 1. The van der Waals surface area contributed by atoms with Crippen molar-refractivity contribution in [2.24, 2.45) is 5.73 Å². The fourth-order valence-electron chi connectivity index (χ4n) is 1.33. The Balaban J connectivity index is 2.51. The topological polar surface area (TPSA) is 84.6 Å². The molecule has 2 atom stereocenters. The summed E-state index contributed by atoms with van der Waals surface area (Å²) in [6.07, 6.45) is -0.678. The fraction of sp³-hybridized carbons (Fsp3) is 0.417. The second-order valence-corrected chi connectivity index (χ2v) is 3.82. The standard InChI is InChI=1S/C12H18N2O3/c1-8(12(13)16)14-7-11(15)9-3-5-10(17-2)6-4-9/h3-6,8,11,14-15H,7H2,1-2H3,(H2,13,16). The number of primary amides is 1. The minimum absolute atomic E-state index is 0.274. The van der Waals surface area contributed by atoms with Gasteiger partial charge < -0.3 is 20.9 Å². The summed E-state index contributed by atoms with van der Waals surface area (Å²) in [5.41, 5.74) is 5.86. The summed E-state index contributed by atoms with van der Waals surface area (Å²) in [4.78, 5) is 10.8. The molecule has 0 saturated heterocycles. The first kappa shape index (κ1) is 13.5. The lowest BCUT2D eigenvalue weighted by Crippen LogP contribution is -2.40. The van der Waals surface area contributed by atoms with Crippen molar-refractivity contribution >= 4 is 5.91 Å². The molecule has 5 heteroatoms. The summed E-state index contributed by atoms with van der Waals surface area (Å²) in [5, 5.41) is 12.7. The predicted molar refractivity (Wildman–Crippen MR) is 64.6 cm³/mol. The van der Waals surface area contributed by atoms with Crippen LogP contribution in [-0.4, -0.2) is 30.7 Å². The number of amides is 1. The lowest BCUT2D eigenvalue weighted by molar-refractivity contribution is -0.119. The van der Waals surface area contributed by atoms with Gasteiger partial charge in [0.1, 0.15) is 5.75 Å². The molecule has 0 fully saturated rings. The van der Waals surface area contributed by atoms with Crippen LogP contribution in [0.3, 0.4) is 0 Å². The Morgan fingerprint density at radius 1 is 1.47 bits per heavy atom. The molecule has 1 rings (SSSR count). The van der Waals surface area contributed by atoms with Gasteiger partial charge >= 0.3 is 0 Å². The van der Waals surface area contributed by atoms with Gasteiger partial charge in [-0.25, -0.2) is 0 Å². The number of rotatable bonds is 6. The van der Waals surface area contributed by atoms with E-state index in [1.807, 2.05) is 0 Å². The molecule has 94 valence electrons. The molecule has 0 heterocycles. The van der Waals surface area contributed by atoms with Crippen LogP contribution >= 0.6 is 0 Å². The van der Waals surface area contributed by atoms with Crippen LogP contribution < -0.4 is 15.8 Å². The third-order valence-electron chi connectivity index (χ3n) is 2.54. The Labute approximate surface area is 101 Å². The Kier molecular flexibility index (Phi) is 4.93. The van der Waals surface area contributed by atoms with Gasteiger partial charge in [-0.1, -0.05) is 12.1 Å². The molecule has 0 aliphatic heterocycles. The van der Waals surface area contributed by atoms with Crippen molar-refractivity contribution in [3.8, 4) is 5.75 Å². The number of hydrogen-bond acceptors (Lipinski definition) is 4. The number of carbonyl (C=O) groups excluding carboxylic acids is 1.